The third-order valence-corrected chi connectivity index (χ3v) is 4.66. The Morgan fingerprint density at radius 2 is 1.87 bits per heavy atom. The monoisotopic (exact) mass is 312 g/mol. The van der Waals surface area contributed by atoms with Crippen LogP contribution in [0.15, 0.2) is 41.5 Å². The summed E-state index contributed by atoms with van der Waals surface area (Å²) in [5.41, 5.74) is 3.58. The van der Waals surface area contributed by atoms with E-state index in [1.807, 2.05) is 44.2 Å². The van der Waals surface area contributed by atoms with Crippen molar-refractivity contribution in [3.8, 4) is 0 Å². The number of rotatable bonds is 5. The molecule has 4 nitrogen and oxygen atoms in total. The highest BCUT2D eigenvalue weighted by Gasteiger charge is 2.21. The molecule has 124 valence electrons. The van der Waals surface area contributed by atoms with Crippen molar-refractivity contribution in [2.24, 2.45) is 0 Å². The van der Waals surface area contributed by atoms with Gasteiger partial charge in [0, 0.05) is 37.8 Å². The highest BCUT2D eigenvalue weighted by atomic mass is 15.2. The molecular formula is C19H28N4. The Kier molecular flexibility index (Phi) is 6.11. The highest BCUT2D eigenvalue weighted by molar-refractivity contribution is 6.07. The second-order valence-electron chi connectivity index (χ2n) is 6.24. The number of hydrogen-bond acceptors (Lipinski definition) is 3. The number of nitrogens with one attached hydrogen (secondary N) is 3. The Morgan fingerprint density at radius 3 is 2.52 bits per heavy atom. The molecule has 0 saturated carbocycles. The van der Waals surface area contributed by atoms with Crippen molar-refractivity contribution in [1.82, 2.24) is 10.2 Å². The number of benzene rings is 1. The zero-order chi connectivity index (χ0) is 16.8. The largest absolute Gasteiger partial charge is 0.354 e. The van der Waals surface area contributed by atoms with E-state index in [2.05, 4.69) is 17.1 Å². The van der Waals surface area contributed by atoms with Crippen LogP contribution in [0.2, 0.25) is 0 Å². The van der Waals surface area contributed by atoms with Crippen LogP contribution in [0.3, 0.4) is 0 Å². The minimum atomic E-state index is 0.459. The van der Waals surface area contributed by atoms with Crippen molar-refractivity contribution >= 4 is 11.5 Å². The fraction of sp³-hybridized carbons (Fsp3) is 0.474. The van der Waals surface area contributed by atoms with Crippen molar-refractivity contribution in [3.63, 3.8) is 0 Å². The van der Waals surface area contributed by atoms with Gasteiger partial charge in [-0.2, -0.15) is 0 Å². The minimum Gasteiger partial charge on any atom is -0.354 e. The van der Waals surface area contributed by atoms with Crippen LogP contribution >= 0.6 is 0 Å². The predicted octanol–water partition coefficient (Wildman–Crippen LogP) is 3.25. The summed E-state index contributed by atoms with van der Waals surface area (Å²) in [4.78, 5) is 2.14. The Balaban J connectivity index is 2.06. The summed E-state index contributed by atoms with van der Waals surface area (Å²) in [5.74, 6) is 0.570. The Bertz CT molecular complexity index is 589. The molecule has 1 fully saturated rings. The lowest BCUT2D eigenvalue weighted by atomic mass is 9.98. The van der Waals surface area contributed by atoms with Gasteiger partial charge in [-0.25, -0.2) is 0 Å². The summed E-state index contributed by atoms with van der Waals surface area (Å²) < 4.78 is 0. The van der Waals surface area contributed by atoms with E-state index in [-0.39, 0.29) is 0 Å². The zero-order valence-corrected chi connectivity index (χ0v) is 14.4. The lowest BCUT2D eigenvalue weighted by Gasteiger charge is -2.35. The molecule has 1 aliphatic heterocycles. The topological polar surface area (TPSA) is 63.0 Å². The van der Waals surface area contributed by atoms with Gasteiger partial charge in [0.15, 0.2) is 0 Å². The molecule has 1 heterocycles. The molecule has 3 N–H and O–H groups in total. The number of amidine groups is 1. The third kappa shape index (κ3) is 4.52. The molecule has 23 heavy (non-hydrogen) atoms. The lowest BCUT2D eigenvalue weighted by Crippen LogP contribution is -2.52. The maximum absolute atomic E-state index is 8.50. The molecule has 1 aromatic rings. The van der Waals surface area contributed by atoms with Crippen LogP contribution in [0.4, 0.5) is 0 Å². The molecule has 4 heteroatoms. The van der Waals surface area contributed by atoms with E-state index in [4.69, 9.17) is 10.8 Å². The quantitative estimate of drug-likeness (QED) is 0.577. The fourth-order valence-corrected chi connectivity index (χ4v) is 2.88. The van der Waals surface area contributed by atoms with E-state index in [0.717, 1.165) is 42.8 Å². The van der Waals surface area contributed by atoms with Crippen LogP contribution in [-0.2, 0) is 6.42 Å². The molecule has 1 aliphatic rings. The molecular weight excluding hydrogens is 284 g/mol. The minimum absolute atomic E-state index is 0.459. The molecule has 2 rings (SSSR count). The van der Waals surface area contributed by atoms with Gasteiger partial charge in [-0.3, -0.25) is 5.41 Å². The average Bonchev–Trinajstić information content (AvgIpc) is 2.60. The maximum Gasteiger partial charge on any atom is 0.124 e. The highest BCUT2D eigenvalue weighted by Crippen LogP contribution is 2.14. The van der Waals surface area contributed by atoms with Gasteiger partial charge >= 0.3 is 0 Å². The van der Waals surface area contributed by atoms with Gasteiger partial charge in [-0.05, 0) is 37.0 Å². The van der Waals surface area contributed by atoms with Crippen LogP contribution in [0.25, 0.3) is 0 Å². The Labute approximate surface area is 139 Å². The smallest absolute Gasteiger partial charge is 0.124 e. The Morgan fingerprint density at radius 1 is 1.17 bits per heavy atom. The first-order valence-electron chi connectivity index (χ1n) is 8.39. The van der Waals surface area contributed by atoms with Gasteiger partial charge in [-0.15, -0.1) is 0 Å². The van der Waals surface area contributed by atoms with E-state index in [9.17, 15) is 0 Å². The van der Waals surface area contributed by atoms with Gasteiger partial charge in [0.25, 0.3) is 0 Å². The van der Waals surface area contributed by atoms with Gasteiger partial charge in [-0.1, -0.05) is 37.3 Å². The van der Waals surface area contributed by atoms with Crippen LogP contribution in [-0.4, -0.2) is 42.1 Å². The molecule has 0 radical (unpaired) electrons. The summed E-state index contributed by atoms with van der Waals surface area (Å²) in [5, 5.41) is 20.3. The second-order valence-corrected chi connectivity index (χ2v) is 6.24. The molecule has 1 aromatic carbocycles. The average molecular weight is 312 g/mol. The van der Waals surface area contributed by atoms with Gasteiger partial charge in [0.2, 0.25) is 0 Å². The van der Waals surface area contributed by atoms with E-state index < -0.39 is 0 Å². The standard InChI is InChI=1S/C19H28N4/c1-4-17-13-23(11-10-22-17)19(21)15(3)14(2)18(20)12-16-8-6-5-7-9-16/h5-9,17,20-22H,4,10-13H2,1-3H3/b15-14-,20-18?,21-19?. The van der Waals surface area contributed by atoms with Crippen molar-refractivity contribution < 1.29 is 0 Å². The van der Waals surface area contributed by atoms with Crippen molar-refractivity contribution in [3.05, 3.63) is 47.0 Å². The van der Waals surface area contributed by atoms with Crippen LogP contribution in [0.1, 0.15) is 32.8 Å². The SMILES string of the molecule is CCC1CN(C(=N)/C(C)=C(/C)C(=N)Cc2ccccc2)CCN1. The Hall–Kier alpha value is -1.94. The molecule has 0 spiro atoms. The predicted molar refractivity (Wildman–Crippen MR) is 97.6 cm³/mol. The molecule has 0 aliphatic carbocycles. The second kappa shape index (κ2) is 8.06. The maximum atomic E-state index is 8.50. The van der Waals surface area contributed by atoms with Crippen molar-refractivity contribution in [2.45, 2.75) is 39.7 Å². The first-order valence-corrected chi connectivity index (χ1v) is 8.39. The zero-order valence-electron chi connectivity index (χ0n) is 14.4. The molecule has 0 amide bonds. The van der Waals surface area contributed by atoms with E-state index in [0.29, 0.717) is 24.0 Å². The number of piperazine rings is 1. The van der Waals surface area contributed by atoms with E-state index in [1.54, 1.807) is 0 Å². The summed E-state index contributed by atoms with van der Waals surface area (Å²) in [7, 11) is 0. The van der Waals surface area contributed by atoms with Crippen molar-refractivity contribution in [1.29, 1.82) is 10.8 Å². The van der Waals surface area contributed by atoms with Crippen LogP contribution in [0, 0.1) is 10.8 Å². The molecule has 1 saturated heterocycles. The summed E-state index contributed by atoms with van der Waals surface area (Å²) >= 11 is 0. The summed E-state index contributed by atoms with van der Waals surface area (Å²) in [6.45, 7) is 8.79. The van der Waals surface area contributed by atoms with Crippen LogP contribution in [0.5, 0.6) is 0 Å². The normalized spacial score (nSPS) is 19.3. The summed E-state index contributed by atoms with van der Waals surface area (Å²) in [6, 6.07) is 10.5. The molecule has 0 aromatic heterocycles. The number of hydrogen-bond donors (Lipinski definition) is 3. The van der Waals surface area contributed by atoms with E-state index in [1.165, 1.54) is 0 Å². The number of nitrogens with zero attached hydrogens (tertiary/aromatic N) is 1. The first-order chi connectivity index (χ1) is 11.0. The number of allylic oxidation sites excluding steroid dienone is 1. The van der Waals surface area contributed by atoms with Crippen molar-refractivity contribution in [2.75, 3.05) is 19.6 Å². The first kappa shape index (κ1) is 17.4. The van der Waals surface area contributed by atoms with Crippen LogP contribution < -0.4 is 5.32 Å². The fourth-order valence-electron chi connectivity index (χ4n) is 2.88. The van der Waals surface area contributed by atoms with E-state index >= 15 is 0 Å². The molecule has 0 bridgehead atoms. The van der Waals surface area contributed by atoms with Gasteiger partial charge in [0.05, 0.1) is 0 Å². The summed E-state index contributed by atoms with van der Waals surface area (Å²) in [6.07, 6.45) is 1.70. The lowest BCUT2D eigenvalue weighted by molar-refractivity contribution is 0.285. The van der Waals surface area contributed by atoms with Gasteiger partial charge in [0.1, 0.15) is 5.84 Å². The molecule has 1 unspecified atom stereocenters. The molecule has 1 atom stereocenters. The third-order valence-electron chi connectivity index (χ3n) is 4.66. The van der Waals surface area contributed by atoms with Gasteiger partial charge < -0.3 is 15.6 Å².